The summed E-state index contributed by atoms with van der Waals surface area (Å²) < 4.78 is 0.953. The predicted molar refractivity (Wildman–Crippen MR) is 76.0 cm³/mol. The number of hydrogen-bond acceptors (Lipinski definition) is 2. The molecule has 1 aromatic heterocycles. The maximum absolute atomic E-state index is 5.80. The van der Waals surface area contributed by atoms with E-state index in [1.54, 1.807) is 0 Å². The average Bonchev–Trinajstić information content (AvgIpc) is 2.33. The minimum absolute atomic E-state index is 0.512. The number of aryl methyl sites for hydroxylation is 1. The van der Waals surface area contributed by atoms with E-state index in [1.165, 1.54) is 0 Å². The van der Waals surface area contributed by atoms with Gasteiger partial charge in [-0.1, -0.05) is 12.1 Å². The molecule has 0 aliphatic heterocycles. The van der Waals surface area contributed by atoms with E-state index in [4.69, 9.17) is 11.6 Å². The second-order valence-corrected chi connectivity index (χ2v) is 4.92. The first-order chi connectivity index (χ1) is 8.19. The zero-order chi connectivity index (χ0) is 12.3. The maximum Gasteiger partial charge on any atom is 0.144 e. The first-order valence-electron chi connectivity index (χ1n) is 5.23. The summed E-state index contributed by atoms with van der Waals surface area (Å²) in [5.74, 6) is 1.32. The highest BCUT2D eigenvalue weighted by Crippen LogP contribution is 2.24. The molecule has 1 N–H and O–H groups in total. The number of pyridine rings is 1. The number of alkyl halides is 1. The summed E-state index contributed by atoms with van der Waals surface area (Å²) in [6.45, 7) is 2.01. The molecule has 0 aliphatic rings. The van der Waals surface area contributed by atoms with Crippen LogP contribution < -0.4 is 5.32 Å². The number of halogens is 2. The molecule has 0 saturated heterocycles. The quantitative estimate of drug-likeness (QED) is 0.836. The van der Waals surface area contributed by atoms with Gasteiger partial charge in [0.25, 0.3) is 0 Å². The van der Waals surface area contributed by atoms with Gasteiger partial charge in [0.1, 0.15) is 5.82 Å². The predicted octanol–water partition coefficient (Wildman–Crippen LogP) is 4.63. The molecule has 0 fully saturated rings. The van der Waals surface area contributed by atoms with E-state index >= 15 is 0 Å². The molecule has 0 bridgehead atoms. The van der Waals surface area contributed by atoms with Gasteiger partial charge in [-0.3, -0.25) is 0 Å². The second kappa shape index (κ2) is 5.52. The molecule has 2 rings (SSSR count). The zero-order valence-electron chi connectivity index (χ0n) is 9.37. The van der Waals surface area contributed by atoms with Crippen LogP contribution in [0.15, 0.2) is 41.0 Å². The fourth-order valence-corrected chi connectivity index (χ4v) is 2.22. The molecule has 0 spiro atoms. The molecule has 0 radical (unpaired) electrons. The summed E-state index contributed by atoms with van der Waals surface area (Å²) in [4.78, 5) is 4.34. The van der Waals surface area contributed by atoms with Crippen LogP contribution >= 0.6 is 27.5 Å². The van der Waals surface area contributed by atoms with Crippen molar-refractivity contribution in [2.24, 2.45) is 0 Å². The van der Waals surface area contributed by atoms with Crippen molar-refractivity contribution in [2.45, 2.75) is 12.8 Å². The smallest absolute Gasteiger partial charge is 0.144 e. The molecule has 0 atom stereocenters. The Morgan fingerprint density at radius 3 is 2.88 bits per heavy atom. The molecule has 2 nitrogen and oxygen atoms in total. The van der Waals surface area contributed by atoms with Gasteiger partial charge in [-0.25, -0.2) is 4.98 Å². The Hall–Kier alpha value is -1.06. The highest BCUT2D eigenvalue weighted by atomic mass is 79.9. The Morgan fingerprint density at radius 2 is 2.18 bits per heavy atom. The monoisotopic (exact) mass is 310 g/mol. The Kier molecular flexibility index (Phi) is 4.02. The molecule has 4 heteroatoms. The van der Waals surface area contributed by atoms with E-state index in [9.17, 15) is 0 Å². The van der Waals surface area contributed by atoms with Crippen molar-refractivity contribution in [1.29, 1.82) is 0 Å². The Morgan fingerprint density at radius 1 is 1.35 bits per heavy atom. The van der Waals surface area contributed by atoms with Crippen LogP contribution in [-0.4, -0.2) is 4.98 Å². The van der Waals surface area contributed by atoms with Crippen LogP contribution in [0.2, 0.25) is 0 Å². The number of benzene rings is 1. The molecule has 88 valence electrons. The molecule has 2 aromatic rings. The Labute approximate surface area is 114 Å². The standard InChI is InChI=1S/C13H12BrClN2/c1-9-5-12(14)13(16-8-9)17-11-4-2-3-10(6-11)7-15/h2-6,8H,7H2,1H3,(H,16,17). The van der Waals surface area contributed by atoms with Crippen LogP contribution in [0.4, 0.5) is 11.5 Å². The van der Waals surface area contributed by atoms with E-state index in [0.717, 1.165) is 27.1 Å². The number of rotatable bonds is 3. The molecule has 1 aromatic carbocycles. The van der Waals surface area contributed by atoms with E-state index < -0.39 is 0 Å². The molecule has 0 aliphatic carbocycles. The van der Waals surface area contributed by atoms with Crippen LogP contribution in [0.1, 0.15) is 11.1 Å². The lowest BCUT2D eigenvalue weighted by Crippen LogP contribution is -1.95. The van der Waals surface area contributed by atoms with Crippen LogP contribution in [0.3, 0.4) is 0 Å². The molecule has 1 heterocycles. The minimum Gasteiger partial charge on any atom is -0.339 e. The average molecular weight is 312 g/mol. The SMILES string of the molecule is Cc1cnc(Nc2cccc(CCl)c2)c(Br)c1. The Bertz CT molecular complexity index is 529. The third-order valence-electron chi connectivity index (χ3n) is 2.32. The van der Waals surface area contributed by atoms with Gasteiger partial charge < -0.3 is 5.32 Å². The second-order valence-electron chi connectivity index (χ2n) is 3.80. The van der Waals surface area contributed by atoms with Crippen LogP contribution in [0.25, 0.3) is 0 Å². The number of anilines is 2. The number of aromatic nitrogens is 1. The lowest BCUT2D eigenvalue weighted by Gasteiger charge is -2.08. The zero-order valence-corrected chi connectivity index (χ0v) is 11.7. The normalized spacial score (nSPS) is 10.3. The number of nitrogens with zero attached hydrogens (tertiary/aromatic N) is 1. The summed E-state index contributed by atoms with van der Waals surface area (Å²) in [5.41, 5.74) is 3.19. The molecule has 0 saturated carbocycles. The van der Waals surface area contributed by atoms with Crippen molar-refractivity contribution in [2.75, 3.05) is 5.32 Å². The number of hydrogen-bond donors (Lipinski definition) is 1. The van der Waals surface area contributed by atoms with Crippen LogP contribution in [0.5, 0.6) is 0 Å². The van der Waals surface area contributed by atoms with Crippen molar-refractivity contribution in [3.8, 4) is 0 Å². The minimum atomic E-state index is 0.512. The van der Waals surface area contributed by atoms with Gasteiger partial charge in [-0.05, 0) is 52.2 Å². The van der Waals surface area contributed by atoms with Gasteiger partial charge in [0, 0.05) is 17.8 Å². The third-order valence-corrected chi connectivity index (χ3v) is 3.24. The van der Waals surface area contributed by atoms with E-state index in [1.807, 2.05) is 43.5 Å². The van der Waals surface area contributed by atoms with Crippen molar-refractivity contribution in [3.05, 3.63) is 52.1 Å². The highest BCUT2D eigenvalue weighted by Gasteiger charge is 2.02. The first-order valence-corrected chi connectivity index (χ1v) is 6.56. The topological polar surface area (TPSA) is 24.9 Å². The summed E-state index contributed by atoms with van der Waals surface area (Å²) in [6.07, 6.45) is 1.83. The van der Waals surface area contributed by atoms with Gasteiger partial charge >= 0.3 is 0 Å². The summed E-state index contributed by atoms with van der Waals surface area (Å²) in [6, 6.07) is 10.0. The fraction of sp³-hybridized carbons (Fsp3) is 0.154. The molecular formula is C13H12BrClN2. The van der Waals surface area contributed by atoms with Gasteiger partial charge in [0.15, 0.2) is 0 Å². The maximum atomic E-state index is 5.80. The van der Waals surface area contributed by atoms with Crippen molar-refractivity contribution >= 4 is 39.0 Å². The summed E-state index contributed by atoms with van der Waals surface area (Å²) >= 11 is 9.29. The third kappa shape index (κ3) is 3.20. The van der Waals surface area contributed by atoms with Crippen LogP contribution in [0, 0.1) is 6.92 Å². The molecule has 0 unspecified atom stereocenters. The van der Waals surface area contributed by atoms with E-state index in [-0.39, 0.29) is 0 Å². The lowest BCUT2D eigenvalue weighted by atomic mass is 10.2. The summed E-state index contributed by atoms with van der Waals surface area (Å²) in [7, 11) is 0. The Balaban J connectivity index is 2.25. The van der Waals surface area contributed by atoms with Gasteiger partial charge in [-0.15, -0.1) is 11.6 Å². The van der Waals surface area contributed by atoms with Gasteiger partial charge in [-0.2, -0.15) is 0 Å². The van der Waals surface area contributed by atoms with Crippen molar-refractivity contribution in [3.63, 3.8) is 0 Å². The lowest BCUT2D eigenvalue weighted by molar-refractivity contribution is 1.24. The largest absolute Gasteiger partial charge is 0.339 e. The van der Waals surface area contributed by atoms with Crippen LogP contribution in [-0.2, 0) is 5.88 Å². The molecular weight excluding hydrogens is 300 g/mol. The fourth-order valence-electron chi connectivity index (χ4n) is 1.49. The highest BCUT2D eigenvalue weighted by molar-refractivity contribution is 9.10. The van der Waals surface area contributed by atoms with Gasteiger partial charge in [0.05, 0.1) is 4.47 Å². The first kappa shape index (κ1) is 12.4. The van der Waals surface area contributed by atoms with Crippen molar-refractivity contribution < 1.29 is 0 Å². The number of nitrogens with one attached hydrogen (secondary N) is 1. The van der Waals surface area contributed by atoms with Crippen molar-refractivity contribution in [1.82, 2.24) is 4.98 Å². The molecule has 0 amide bonds. The summed E-state index contributed by atoms with van der Waals surface area (Å²) in [5, 5.41) is 3.26. The molecule has 17 heavy (non-hydrogen) atoms. The van der Waals surface area contributed by atoms with Gasteiger partial charge in [0.2, 0.25) is 0 Å². The van der Waals surface area contributed by atoms with E-state index in [2.05, 4.69) is 26.2 Å². The van der Waals surface area contributed by atoms with E-state index in [0.29, 0.717) is 5.88 Å².